The van der Waals surface area contributed by atoms with E-state index in [9.17, 15) is 15.0 Å². The van der Waals surface area contributed by atoms with Gasteiger partial charge in [0, 0.05) is 0 Å². The highest BCUT2D eigenvalue weighted by molar-refractivity contribution is 5.76. The molecular weight excluding hydrogens is 196 g/mol. The zero-order valence-corrected chi connectivity index (χ0v) is 9.53. The average Bonchev–Trinajstić information content (AvgIpc) is 2.11. The molecule has 4 heteroatoms. The maximum atomic E-state index is 10.9. The highest BCUT2D eigenvalue weighted by atomic mass is 16.4. The highest BCUT2D eigenvalue weighted by Gasteiger charge is 2.32. The van der Waals surface area contributed by atoms with Crippen molar-refractivity contribution in [1.29, 1.82) is 0 Å². The summed E-state index contributed by atoms with van der Waals surface area (Å²) in [5.41, 5.74) is -2.26. The van der Waals surface area contributed by atoms with Gasteiger partial charge < -0.3 is 15.3 Å². The minimum absolute atomic E-state index is 0.221. The van der Waals surface area contributed by atoms with Gasteiger partial charge in [0.05, 0.1) is 17.1 Å². The fourth-order valence-corrected chi connectivity index (χ4v) is 1.09. The summed E-state index contributed by atoms with van der Waals surface area (Å²) in [6.07, 6.45) is 0.887. The standard InChI is InChI=1S/C11H20O4/c1-5-11(4,9(13)14)7-6-8(12)10(2,3)15/h5,8,12,15H,1,6-7H2,2-4H3,(H,13,14). The first-order valence-electron chi connectivity index (χ1n) is 4.91. The zero-order chi connectivity index (χ0) is 12.3. The molecular formula is C11H20O4. The summed E-state index contributed by atoms with van der Waals surface area (Å²) in [6, 6.07) is 0. The SMILES string of the molecule is C=CC(C)(CCC(O)C(C)(C)O)C(=O)O. The second-order valence-corrected chi connectivity index (χ2v) is 4.63. The quantitative estimate of drug-likeness (QED) is 0.582. The van der Waals surface area contributed by atoms with Gasteiger partial charge in [0.15, 0.2) is 0 Å². The van der Waals surface area contributed by atoms with Gasteiger partial charge in [-0.15, -0.1) is 6.58 Å². The third kappa shape index (κ3) is 4.01. The molecule has 0 bridgehead atoms. The smallest absolute Gasteiger partial charge is 0.313 e. The van der Waals surface area contributed by atoms with Crippen molar-refractivity contribution >= 4 is 5.97 Å². The Morgan fingerprint density at radius 1 is 1.47 bits per heavy atom. The Bertz CT molecular complexity index is 241. The van der Waals surface area contributed by atoms with Crippen molar-refractivity contribution < 1.29 is 20.1 Å². The van der Waals surface area contributed by atoms with Crippen LogP contribution in [0.4, 0.5) is 0 Å². The van der Waals surface area contributed by atoms with Gasteiger partial charge >= 0.3 is 5.97 Å². The Morgan fingerprint density at radius 3 is 2.20 bits per heavy atom. The largest absolute Gasteiger partial charge is 0.481 e. The minimum atomic E-state index is -1.21. The number of hydrogen-bond acceptors (Lipinski definition) is 3. The van der Waals surface area contributed by atoms with Gasteiger partial charge in [-0.05, 0) is 33.6 Å². The van der Waals surface area contributed by atoms with E-state index in [-0.39, 0.29) is 12.8 Å². The van der Waals surface area contributed by atoms with Crippen LogP contribution in [-0.4, -0.2) is 33.0 Å². The fourth-order valence-electron chi connectivity index (χ4n) is 1.09. The topological polar surface area (TPSA) is 77.8 Å². The Kier molecular flexibility index (Phi) is 4.49. The number of aliphatic hydroxyl groups excluding tert-OH is 1. The average molecular weight is 216 g/mol. The molecule has 0 aromatic carbocycles. The number of rotatable bonds is 6. The lowest BCUT2D eigenvalue weighted by molar-refractivity contribution is -0.146. The number of carboxylic acid groups (broad SMARTS) is 1. The van der Waals surface area contributed by atoms with Gasteiger partial charge in [-0.1, -0.05) is 6.08 Å². The first-order valence-corrected chi connectivity index (χ1v) is 4.91. The maximum Gasteiger partial charge on any atom is 0.313 e. The molecule has 88 valence electrons. The van der Waals surface area contributed by atoms with E-state index >= 15 is 0 Å². The number of hydrogen-bond donors (Lipinski definition) is 3. The molecule has 4 nitrogen and oxygen atoms in total. The van der Waals surface area contributed by atoms with Gasteiger partial charge in [0.1, 0.15) is 0 Å². The van der Waals surface area contributed by atoms with E-state index in [1.54, 1.807) is 6.92 Å². The van der Waals surface area contributed by atoms with Gasteiger partial charge in [-0.2, -0.15) is 0 Å². The molecule has 0 radical (unpaired) electrons. The van der Waals surface area contributed by atoms with Crippen LogP contribution in [0, 0.1) is 5.41 Å². The van der Waals surface area contributed by atoms with Crippen LogP contribution in [-0.2, 0) is 4.79 Å². The second-order valence-electron chi connectivity index (χ2n) is 4.63. The summed E-state index contributed by atoms with van der Waals surface area (Å²) >= 11 is 0. The Morgan fingerprint density at radius 2 is 1.93 bits per heavy atom. The predicted molar refractivity (Wildman–Crippen MR) is 57.5 cm³/mol. The van der Waals surface area contributed by atoms with E-state index in [1.165, 1.54) is 19.9 Å². The molecule has 15 heavy (non-hydrogen) atoms. The Labute approximate surface area is 90.2 Å². The summed E-state index contributed by atoms with van der Waals surface area (Å²) in [5, 5.41) is 28.0. The van der Waals surface area contributed by atoms with Gasteiger partial charge in [-0.3, -0.25) is 4.79 Å². The van der Waals surface area contributed by atoms with Crippen molar-refractivity contribution in [2.75, 3.05) is 0 Å². The summed E-state index contributed by atoms with van der Waals surface area (Å²) in [6.45, 7) is 7.99. The van der Waals surface area contributed by atoms with E-state index in [0.29, 0.717) is 0 Å². The first kappa shape index (κ1) is 14.1. The molecule has 0 aliphatic carbocycles. The summed E-state index contributed by atoms with van der Waals surface area (Å²) in [4.78, 5) is 10.9. The third-order valence-electron chi connectivity index (χ3n) is 2.69. The summed E-state index contributed by atoms with van der Waals surface area (Å²) < 4.78 is 0. The van der Waals surface area contributed by atoms with Crippen molar-refractivity contribution in [3.05, 3.63) is 12.7 Å². The van der Waals surface area contributed by atoms with Crippen LogP contribution >= 0.6 is 0 Å². The van der Waals surface area contributed by atoms with Crippen molar-refractivity contribution in [2.45, 2.75) is 45.3 Å². The van der Waals surface area contributed by atoms with Crippen molar-refractivity contribution in [2.24, 2.45) is 5.41 Å². The van der Waals surface area contributed by atoms with Crippen molar-refractivity contribution in [3.63, 3.8) is 0 Å². The minimum Gasteiger partial charge on any atom is -0.481 e. The first-order chi connectivity index (χ1) is 6.63. The molecule has 0 saturated carbocycles. The molecule has 2 unspecified atom stereocenters. The van der Waals surface area contributed by atoms with E-state index < -0.39 is 23.1 Å². The molecule has 0 saturated heterocycles. The van der Waals surface area contributed by atoms with E-state index in [4.69, 9.17) is 5.11 Å². The lowest BCUT2D eigenvalue weighted by Crippen LogP contribution is -2.37. The lowest BCUT2D eigenvalue weighted by Gasteiger charge is -2.27. The fraction of sp³-hybridized carbons (Fsp3) is 0.727. The van der Waals surface area contributed by atoms with Crippen LogP contribution in [0.5, 0.6) is 0 Å². The summed E-state index contributed by atoms with van der Waals surface area (Å²) in [5.74, 6) is -0.972. The molecule has 3 N–H and O–H groups in total. The van der Waals surface area contributed by atoms with Crippen LogP contribution in [0.25, 0.3) is 0 Å². The van der Waals surface area contributed by atoms with E-state index in [1.807, 2.05) is 0 Å². The van der Waals surface area contributed by atoms with Gasteiger partial charge in [0.25, 0.3) is 0 Å². The van der Waals surface area contributed by atoms with Crippen LogP contribution < -0.4 is 0 Å². The predicted octanol–water partition coefficient (Wildman–Crippen LogP) is 1.18. The summed E-state index contributed by atoms with van der Waals surface area (Å²) in [7, 11) is 0. The number of aliphatic hydroxyl groups is 2. The van der Waals surface area contributed by atoms with Crippen molar-refractivity contribution in [1.82, 2.24) is 0 Å². The Hall–Kier alpha value is -0.870. The van der Waals surface area contributed by atoms with E-state index in [2.05, 4.69) is 6.58 Å². The van der Waals surface area contributed by atoms with E-state index in [0.717, 1.165) is 0 Å². The highest BCUT2D eigenvalue weighted by Crippen LogP contribution is 2.27. The second kappa shape index (κ2) is 4.77. The Balaban J connectivity index is 4.37. The normalized spacial score (nSPS) is 17.9. The molecule has 0 rings (SSSR count). The third-order valence-corrected chi connectivity index (χ3v) is 2.69. The van der Waals surface area contributed by atoms with Gasteiger partial charge in [-0.25, -0.2) is 0 Å². The molecule has 0 aliphatic heterocycles. The number of carbonyl (C=O) groups is 1. The molecule has 2 atom stereocenters. The number of carboxylic acids is 1. The maximum absolute atomic E-state index is 10.9. The molecule has 0 spiro atoms. The van der Waals surface area contributed by atoms with Gasteiger partial charge in [0.2, 0.25) is 0 Å². The molecule has 0 aromatic heterocycles. The van der Waals surface area contributed by atoms with Crippen LogP contribution in [0.3, 0.4) is 0 Å². The molecule has 0 fully saturated rings. The molecule has 0 amide bonds. The molecule has 0 aliphatic rings. The monoisotopic (exact) mass is 216 g/mol. The van der Waals surface area contributed by atoms with Crippen LogP contribution in [0.1, 0.15) is 33.6 Å². The molecule has 0 aromatic rings. The zero-order valence-electron chi connectivity index (χ0n) is 9.53. The van der Waals surface area contributed by atoms with Crippen LogP contribution in [0.15, 0.2) is 12.7 Å². The van der Waals surface area contributed by atoms with Crippen molar-refractivity contribution in [3.8, 4) is 0 Å². The lowest BCUT2D eigenvalue weighted by atomic mass is 9.83. The van der Waals surface area contributed by atoms with Crippen LogP contribution in [0.2, 0.25) is 0 Å². The number of aliphatic carboxylic acids is 1. The molecule has 0 heterocycles.